The molecule has 2 aromatic rings. The first-order valence-electron chi connectivity index (χ1n) is 9.00. The molecular weight excluding hydrogens is 338 g/mol. The van der Waals surface area contributed by atoms with Gasteiger partial charge in [-0.3, -0.25) is 0 Å². The number of methoxy groups -OCH3 is 1. The molecule has 0 spiro atoms. The van der Waals surface area contributed by atoms with E-state index in [4.69, 9.17) is 4.74 Å². The summed E-state index contributed by atoms with van der Waals surface area (Å²) >= 11 is 1.93. The van der Waals surface area contributed by atoms with Gasteiger partial charge in [0.25, 0.3) is 0 Å². The van der Waals surface area contributed by atoms with Crippen LogP contribution in [0.15, 0.2) is 61.2 Å². The molecule has 3 heteroatoms. The lowest BCUT2D eigenvalue weighted by Crippen LogP contribution is -2.31. The van der Waals surface area contributed by atoms with Gasteiger partial charge < -0.3 is 10.1 Å². The Bertz CT molecular complexity index is 823. The van der Waals surface area contributed by atoms with Crippen LogP contribution in [0.3, 0.4) is 0 Å². The van der Waals surface area contributed by atoms with Crippen molar-refractivity contribution in [1.29, 1.82) is 0 Å². The van der Waals surface area contributed by atoms with E-state index in [1.807, 2.05) is 30.0 Å². The molecule has 0 saturated carbocycles. The predicted octanol–water partition coefficient (Wildman–Crippen LogP) is 6.26. The number of hydrogen-bond acceptors (Lipinski definition) is 3. The van der Waals surface area contributed by atoms with Gasteiger partial charge >= 0.3 is 0 Å². The van der Waals surface area contributed by atoms with Crippen LogP contribution in [0.1, 0.15) is 25.8 Å². The largest absolute Gasteiger partial charge is 0.496 e. The molecule has 0 aromatic heterocycles. The van der Waals surface area contributed by atoms with E-state index in [-0.39, 0.29) is 5.54 Å². The maximum absolute atomic E-state index is 5.55. The fourth-order valence-electron chi connectivity index (χ4n) is 3.42. The molecule has 136 valence electrons. The highest BCUT2D eigenvalue weighted by atomic mass is 32.2. The molecule has 0 unspecified atom stereocenters. The van der Waals surface area contributed by atoms with Crippen molar-refractivity contribution in [2.75, 3.05) is 23.9 Å². The zero-order valence-electron chi connectivity index (χ0n) is 15.8. The van der Waals surface area contributed by atoms with E-state index >= 15 is 0 Å². The van der Waals surface area contributed by atoms with Crippen molar-refractivity contribution in [2.45, 2.75) is 25.8 Å². The van der Waals surface area contributed by atoms with Crippen molar-refractivity contribution in [3.05, 3.63) is 66.8 Å². The fourth-order valence-corrected chi connectivity index (χ4v) is 4.12. The number of rotatable bonds is 7. The summed E-state index contributed by atoms with van der Waals surface area (Å²) < 4.78 is 5.55. The van der Waals surface area contributed by atoms with Gasteiger partial charge in [0, 0.05) is 22.6 Å². The number of allylic oxidation sites excluding steroid dienone is 1. The lowest BCUT2D eigenvalue weighted by molar-refractivity contribution is 0.416. The van der Waals surface area contributed by atoms with Crippen LogP contribution >= 0.6 is 11.8 Å². The molecule has 26 heavy (non-hydrogen) atoms. The van der Waals surface area contributed by atoms with Crippen LogP contribution < -0.4 is 10.1 Å². The van der Waals surface area contributed by atoms with Gasteiger partial charge in [-0.1, -0.05) is 36.4 Å². The zero-order valence-corrected chi connectivity index (χ0v) is 16.7. The molecule has 0 atom stereocenters. The highest BCUT2D eigenvalue weighted by molar-refractivity contribution is 7.99. The van der Waals surface area contributed by atoms with E-state index in [1.165, 1.54) is 22.4 Å². The summed E-state index contributed by atoms with van der Waals surface area (Å²) in [7, 11) is 1.73. The van der Waals surface area contributed by atoms with E-state index in [9.17, 15) is 0 Å². The average Bonchev–Trinajstić information content (AvgIpc) is 2.64. The second kappa shape index (κ2) is 8.05. The first-order chi connectivity index (χ1) is 12.5. The van der Waals surface area contributed by atoms with Crippen LogP contribution in [0.4, 0.5) is 5.69 Å². The molecule has 0 bridgehead atoms. The van der Waals surface area contributed by atoms with E-state index < -0.39 is 0 Å². The lowest BCUT2D eigenvalue weighted by atomic mass is 9.87. The minimum atomic E-state index is -0.0304. The Balaban J connectivity index is 1.97. The minimum absolute atomic E-state index is 0.0304. The first kappa shape index (κ1) is 18.7. The van der Waals surface area contributed by atoms with Crippen molar-refractivity contribution in [3.63, 3.8) is 0 Å². The molecule has 2 nitrogen and oxygen atoms in total. The van der Waals surface area contributed by atoms with Gasteiger partial charge in [0.1, 0.15) is 5.75 Å². The summed E-state index contributed by atoms with van der Waals surface area (Å²) in [6.07, 6.45) is 5.40. The van der Waals surface area contributed by atoms with Crippen LogP contribution in [0.2, 0.25) is 0 Å². The fraction of sp³-hybridized carbons (Fsp3) is 0.304. The third kappa shape index (κ3) is 4.16. The average molecular weight is 366 g/mol. The predicted molar refractivity (Wildman–Crippen MR) is 116 cm³/mol. The van der Waals surface area contributed by atoms with Crippen molar-refractivity contribution >= 4 is 23.0 Å². The molecule has 1 heterocycles. The third-order valence-corrected chi connectivity index (χ3v) is 5.49. The van der Waals surface area contributed by atoms with Crippen molar-refractivity contribution in [1.82, 2.24) is 0 Å². The van der Waals surface area contributed by atoms with E-state index in [2.05, 4.69) is 62.2 Å². The van der Waals surface area contributed by atoms with Crippen LogP contribution in [0.5, 0.6) is 5.75 Å². The van der Waals surface area contributed by atoms with E-state index in [0.717, 1.165) is 29.2 Å². The van der Waals surface area contributed by atoms with Crippen LogP contribution in [-0.4, -0.2) is 24.2 Å². The van der Waals surface area contributed by atoms with Crippen molar-refractivity contribution < 1.29 is 4.74 Å². The molecular formula is C23H27NOS. The number of benzene rings is 2. The van der Waals surface area contributed by atoms with Crippen LogP contribution in [0.25, 0.3) is 16.7 Å². The smallest absolute Gasteiger partial charge is 0.126 e. The SMILES string of the molecule is C=CCSCCC1=CC(C)(C)Nc2ccc(-c3ccccc3OC)cc21. The third-order valence-electron chi connectivity index (χ3n) is 4.53. The molecule has 0 aliphatic carbocycles. The molecule has 0 radical (unpaired) electrons. The lowest BCUT2D eigenvalue weighted by Gasteiger charge is -2.33. The van der Waals surface area contributed by atoms with Gasteiger partial charge in [0.05, 0.1) is 12.6 Å². The zero-order chi connectivity index (χ0) is 18.6. The van der Waals surface area contributed by atoms with Crippen LogP contribution in [-0.2, 0) is 0 Å². The molecule has 2 aromatic carbocycles. The van der Waals surface area contributed by atoms with Crippen molar-refractivity contribution in [2.24, 2.45) is 0 Å². The molecule has 0 amide bonds. The number of para-hydroxylation sites is 1. The molecule has 3 rings (SSSR count). The molecule has 1 N–H and O–H groups in total. The molecule has 0 fully saturated rings. The number of fused-ring (bicyclic) bond motifs is 1. The van der Waals surface area contributed by atoms with E-state index in [0.29, 0.717) is 0 Å². The van der Waals surface area contributed by atoms with Crippen LogP contribution in [0, 0.1) is 0 Å². The molecule has 1 aliphatic rings. The Morgan fingerprint density at radius 2 is 1.96 bits per heavy atom. The quantitative estimate of drug-likeness (QED) is 0.462. The van der Waals surface area contributed by atoms with Crippen molar-refractivity contribution in [3.8, 4) is 16.9 Å². The first-order valence-corrected chi connectivity index (χ1v) is 10.2. The summed E-state index contributed by atoms with van der Waals surface area (Å²) in [5.74, 6) is 3.01. The van der Waals surface area contributed by atoms with Gasteiger partial charge in [-0.2, -0.15) is 11.8 Å². The number of hydrogen-bond donors (Lipinski definition) is 1. The Morgan fingerprint density at radius 3 is 2.73 bits per heavy atom. The molecule has 1 aliphatic heterocycles. The summed E-state index contributed by atoms with van der Waals surface area (Å²) in [6, 6.07) is 14.9. The monoisotopic (exact) mass is 365 g/mol. The maximum Gasteiger partial charge on any atom is 0.126 e. The second-order valence-electron chi connectivity index (χ2n) is 7.09. The summed E-state index contributed by atoms with van der Waals surface area (Å²) in [6.45, 7) is 8.25. The van der Waals surface area contributed by atoms with Gasteiger partial charge in [0.2, 0.25) is 0 Å². The maximum atomic E-state index is 5.55. The number of anilines is 1. The van der Waals surface area contributed by atoms with Gasteiger partial charge in [-0.05, 0) is 55.4 Å². The Kier molecular flexibility index (Phi) is 5.77. The Morgan fingerprint density at radius 1 is 1.15 bits per heavy atom. The standard InChI is InChI=1S/C23H27NOS/c1-5-13-26-14-12-18-16-23(2,3)24-21-11-10-17(15-20(18)21)19-8-6-7-9-22(19)25-4/h5-11,15-16,24H,1,12-14H2,2-4H3. The normalized spacial score (nSPS) is 14.8. The highest BCUT2D eigenvalue weighted by Crippen LogP contribution is 2.40. The second-order valence-corrected chi connectivity index (χ2v) is 8.24. The summed E-state index contributed by atoms with van der Waals surface area (Å²) in [4.78, 5) is 0. The van der Waals surface area contributed by atoms with Gasteiger partial charge in [-0.15, -0.1) is 6.58 Å². The topological polar surface area (TPSA) is 21.3 Å². The Hall–Kier alpha value is -2.13. The van der Waals surface area contributed by atoms with Gasteiger partial charge in [-0.25, -0.2) is 0 Å². The number of ether oxygens (including phenoxy) is 1. The number of nitrogens with one attached hydrogen (secondary N) is 1. The number of thioether (sulfide) groups is 1. The highest BCUT2D eigenvalue weighted by Gasteiger charge is 2.24. The minimum Gasteiger partial charge on any atom is -0.496 e. The summed E-state index contributed by atoms with van der Waals surface area (Å²) in [5.41, 5.74) is 6.21. The summed E-state index contributed by atoms with van der Waals surface area (Å²) in [5, 5.41) is 3.64. The van der Waals surface area contributed by atoms with Gasteiger partial charge in [0.15, 0.2) is 0 Å². The van der Waals surface area contributed by atoms with E-state index in [1.54, 1.807) is 7.11 Å². The Labute approximate surface area is 161 Å². The molecule has 0 saturated heterocycles.